The molecular formula is C10H18OS. The normalized spacial score (nSPS) is 25.7. The first-order chi connectivity index (χ1) is 5.75. The maximum absolute atomic E-state index is 11.7. The van der Waals surface area contributed by atoms with Gasteiger partial charge in [-0.15, -0.1) is 0 Å². The van der Waals surface area contributed by atoms with Gasteiger partial charge >= 0.3 is 0 Å². The number of ketones is 1. The quantitative estimate of drug-likeness (QED) is 0.671. The van der Waals surface area contributed by atoms with Crippen molar-refractivity contribution in [1.82, 2.24) is 0 Å². The maximum atomic E-state index is 11.7. The Morgan fingerprint density at radius 3 is 2.92 bits per heavy atom. The van der Waals surface area contributed by atoms with Crippen molar-refractivity contribution in [3.05, 3.63) is 0 Å². The van der Waals surface area contributed by atoms with E-state index in [0.717, 1.165) is 25.0 Å². The second-order valence-corrected chi connectivity index (χ2v) is 4.80. The van der Waals surface area contributed by atoms with E-state index in [9.17, 15) is 4.79 Å². The third kappa shape index (κ3) is 2.51. The zero-order valence-corrected chi connectivity index (χ0v) is 8.82. The molecule has 0 spiro atoms. The lowest BCUT2D eigenvalue weighted by Gasteiger charge is -2.13. The first-order valence-corrected chi connectivity index (χ1v) is 6.02. The molecule has 0 bridgehead atoms. The molecule has 0 amide bonds. The highest BCUT2D eigenvalue weighted by Gasteiger charge is 2.26. The Balaban J connectivity index is 2.34. The van der Waals surface area contributed by atoms with Gasteiger partial charge in [-0.25, -0.2) is 0 Å². The number of thioether (sulfide) groups is 1. The van der Waals surface area contributed by atoms with Gasteiger partial charge in [0.15, 0.2) is 0 Å². The standard InChI is InChI=1S/C10H18OS/c1-3-4-8(2)10(11)9-5-6-12-7-9/h8-9H,3-7H2,1-2H3. The minimum Gasteiger partial charge on any atom is -0.299 e. The van der Waals surface area contributed by atoms with Gasteiger partial charge in [0, 0.05) is 17.6 Å². The highest BCUT2D eigenvalue weighted by atomic mass is 32.2. The van der Waals surface area contributed by atoms with Crippen LogP contribution in [0.2, 0.25) is 0 Å². The fraction of sp³-hybridized carbons (Fsp3) is 0.900. The van der Waals surface area contributed by atoms with Crippen molar-refractivity contribution in [3.63, 3.8) is 0 Å². The molecule has 2 unspecified atom stereocenters. The Morgan fingerprint density at radius 1 is 1.67 bits per heavy atom. The Morgan fingerprint density at radius 2 is 2.42 bits per heavy atom. The van der Waals surface area contributed by atoms with Crippen LogP contribution in [0.15, 0.2) is 0 Å². The van der Waals surface area contributed by atoms with E-state index in [0.29, 0.717) is 17.6 Å². The minimum absolute atomic E-state index is 0.304. The Kier molecular flexibility index (Phi) is 4.13. The summed E-state index contributed by atoms with van der Waals surface area (Å²) in [6, 6.07) is 0. The number of carbonyl (C=O) groups excluding carboxylic acids is 1. The monoisotopic (exact) mass is 186 g/mol. The van der Waals surface area contributed by atoms with E-state index in [1.807, 2.05) is 11.8 Å². The van der Waals surface area contributed by atoms with E-state index in [2.05, 4.69) is 13.8 Å². The van der Waals surface area contributed by atoms with Gasteiger partial charge in [0.1, 0.15) is 5.78 Å². The molecule has 0 radical (unpaired) electrons. The predicted octanol–water partition coefficient (Wildman–Crippen LogP) is 2.74. The van der Waals surface area contributed by atoms with E-state index in [1.165, 1.54) is 5.75 Å². The molecule has 1 fully saturated rings. The first-order valence-electron chi connectivity index (χ1n) is 4.87. The SMILES string of the molecule is CCCC(C)C(=O)C1CCSC1. The molecule has 0 aromatic rings. The predicted molar refractivity (Wildman–Crippen MR) is 54.5 cm³/mol. The van der Waals surface area contributed by atoms with Crippen molar-refractivity contribution < 1.29 is 4.79 Å². The molecule has 2 atom stereocenters. The second-order valence-electron chi connectivity index (χ2n) is 3.65. The lowest BCUT2D eigenvalue weighted by molar-refractivity contribution is -0.125. The van der Waals surface area contributed by atoms with Crippen LogP contribution in [0.3, 0.4) is 0 Å². The molecule has 70 valence electrons. The van der Waals surface area contributed by atoms with Crippen LogP contribution in [-0.2, 0) is 4.79 Å². The molecule has 0 aromatic carbocycles. The fourth-order valence-corrected chi connectivity index (χ4v) is 2.97. The van der Waals surface area contributed by atoms with Crippen LogP contribution in [0.1, 0.15) is 33.1 Å². The average molecular weight is 186 g/mol. The van der Waals surface area contributed by atoms with Crippen LogP contribution >= 0.6 is 11.8 Å². The molecule has 0 saturated carbocycles. The molecule has 1 nitrogen and oxygen atoms in total. The molecule has 2 heteroatoms. The largest absolute Gasteiger partial charge is 0.299 e. The number of carbonyl (C=O) groups is 1. The highest BCUT2D eigenvalue weighted by molar-refractivity contribution is 7.99. The lowest BCUT2D eigenvalue weighted by atomic mass is 9.91. The van der Waals surface area contributed by atoms with Gasteiger partial charge in [-0.2, -0.15) is 11.8 Å². The van der Waals surface area contributed by atoms with Crippen molar-refractivity contribution in [3.8, 4) is 0 Å². The van der Waals surface area contributed by atoms with Gasteiger partial charge in [-0.3, -0.25) is 4.79 Å². The van der Waals surface area contributed by atoms with Crippen molar-refractivity contribution in [2.24, 2.45) is 11.8 Å². The fourth-order valence-electron chi connectivity index (χ4n) is 1.74. The Hall–Kier alpha value is 0.0200. The van der Waals surface area contributed by atoms with Crippen LogP contribution in [-0.4, -0.2) is 17.3 Å². The van der Waals surface area contributed by atoms with Gasteiger partial charge in [0.2, 0.25) is 0 Å². The molecule has 1 rings (SSSR count). The van der Waals surface area contributed by atoms with Gasteiger partial charge in [-0.05, 0) is 18.6 Å². The van der Waals surface area contributed by atoms with Crippen molar-refractivity contribution in [1.29, 1.82) is 0 Å². The molecule has 1 saturated heterocycles. The van der Waals surface area contributed by atoms with Crippen molar-refractivity contribution in [2.75, 3.05) is 11.5 Å². The van der Waals surface area contributed by atoms with Gasteiger partial charge < -0.3 is 0 Å². The van der Waals surface area contributed by atoms with E-state index < -0.39 is 0 Å². The van der Waals surface area contributed by atoms with Crippen LogP contribution in [0.5, 0.6) is 0 Å². The summed E-state index contributed by atoms with van der Waals surface area (Å²) in [4.78, 5) is 11.7. The number of rotatable bonds is 4. The minimum atomic E-state index is 0.304. The van der Waals surface area contributed by atoms with Gasteiger partial charge in [0.05, 0.1) is 0 Å². The van der Waals surface area contributed by atoms with Crippen LogP contribution in [0.25, 0.3) is 0 Å². The van der Waals surface area contributed by atoms with E-state index in [1.54, 1.807) is 0 Å². The molecule has 12 heavy (non-hydrogen) atoms. The smallest absolute Gasteiger partial charge is 0.139 e. The Labute approximate surface area is 79.3 Å². The molecule has 0 aliphatic carbocycles. The number of hydrogen-bond donors (Lipinski definition) is 0. The molecule has 1 aliphatic rings. The van der Waals surface area contributed by atoms with Crippen LogP contribution in [0, 0.1) is 11.8 Å². The van der Waals surface area contributed by atoms with Crippen LogP contribution in [0.4, 0.5) is 0 Å². The van der Waals surface area contributed by atoms with Crippen LogP contribution < -0.4 is 0 Å². The zero-order valence-electron chi connectivity index (χ0n) is 8.01. The first kappa shape index (κ1) is 10.1. The summed E-state index contributed by atoms with van der Waals surface area (Å²) >= 11 is 1.93. The summed E-state index contributed by atoms with van der Waals surface area (Å²) < 4.78 is 0. The summed E-state index contributed by atoms with van der Waals surface area (Å²) in [5.74, 6) is 3.47. The van der Waals surface area contributed by atoms with E-state index in [-0.39, 0.29) is 0 Å². The third-order valence-corrected chi connectivity index (χ3v) is 3.70. The Bertz CT molecular complexity index is 150. The summed E-state index contributed by atoms with van der Waals surface area (Å²) in [6.07, 6.45) is 3.32. The molecular weight excluding hydrogens is 168 g/mol. The summed E-state index contributed by atoms with van der Waals surface area (Å²) in [7, 11) is 0. The van der Waals surface area contributed by atoms with E-state index >= 15 is 0 Å². The van der Waals surface area contributed by atoms with Gasteiger partial charge in [0.25, 0.3) is 0 Å². The van der Waals surface area contributed by atoms with Crippen molar-refractivity contribution >= 4 is 17.5 Å². The molecule has 1 aliphatic heterocycles. The van der Waals surface area contributed by atoms with Crippen molar-refractivity contribution in [2.45, 2.75) is 33.1 Å². The van der Waals surface area contributed by atoms with E-state index in [4.69, 9.17) is 0 Å². The topological polar surface area (TPSA) is 17.1 Å². The molecule has 1 heterocycles. The second kappa shape index (κ2) is 4.90. The average Bonchev–Trinajstić information content (AvgIpc) is 2.55. The third-order valence-electron chi connectivity index (χ3n) is 2.54. The number of Topliss-reactive ketones (excluding diaryl/α,β-unsaturated/α-hetero) is 1. The maximum Gasteiger partial charge on any atom is 0.139 e. The number of hydrogen-bond acceptors (Lipinski definition) is 2. The zero-order chi connectivity index (χ0) is 8.97. The molecule has 0 aromatic heterocycles. The summed E-state index contributed by atoms with van der Waals surface area (Å²) in [5, 5.41) is 0. The highest BCUT2D eigenvalue weighted by Crippen LogP contribution is 2.27. The van der Waals surface area contributed by atoms with Gasteiger partial charge in [-0.1, -0.05) is 20.3 Å². The summed E-state index contributed by atoms with van der Waals surface area (Å²) in [5.41, 5.74) is 0. The lowest BCUT2D eigenvalue weighted by Crippen LogP contribution is -2.21. The molecule has 0 N–H and O–H groups in total. The summed E-state index contributed by atoms with van der Waals surface area (Å²) in [6.45, 7) is 4.22.